The molecule has 0 saturated heterocycles. The Bertz CT molecular complexity index is 861. The molecule has 9 heteroatoms. The third kappa shape index (κ3) is 6.73. The fourth-order valence-corrected chi connectivity index (χ4v) is 2.60. The van der Waals surface area contributed by atoms with Crippen LogP contribution in [0.25, 0.3) is 0 Å². The smallest absolute Gasteiger partial charge is 0.141 e. The van der Waals surface area contributed by atoms with Gasteiger partial charge in [-0.15, -0.1) is 0 Å². The van der Waals surface area contributed by atoms with E-state index in [1.54, 1.807) is 12.3 Å². The van der Waals surface area contributed by atoms with E-state index in [1.165, 1.54) is 17.7 Å². The Morgan fingerprint density at radius 3 is 2.96 bits per heavy atom. The van der Waals surface area contributed by atoms with E-state index >= 15 is 0 Å². The first-order chi connectivity index (χ1) is 12.9. The number of anilines is 1. The van der Waals surface area contributed by atoms with Crippen molar-refractivity contribution in [1.29, 1.82) is 0 Å². The third-order valence-electron chi connectivity index (χ3n) is 3.65. The van der Waals surface area contributed by atoms with Crippen molar-refractivity contribution in [3.05, 3.63) is 69.6 Å². The first-order valence-corrected chi connectivity index (χ1v) is 9.36. The number of nitrogens with one attached hydrogen (secondary N) is 3. The Hall–Kier alpha value is -2.32. The van der Waals surface area contributed by atoms with Gasteiger partial charge in [0, 0.05) is 24.1 Å². The molecule has 0 bridgehead atoms. The van der Waals surface area contributed by atoms with Crippen molar-refractivity contribution in [3.63, 3.8) is 0 Å². The zero-order valence-corrected chi connectivity index (χ0v) is 17.2. The molecular formula is C18H21BrClFN6. The molecule has 0 amide bonds. The van der Waals surface area contributed by atoms with E-state index in [2.05, 4.69) is 48.3 Å². The zero-order chi connectivity index (χ0) is 19.8. The van der Waals surface area contributed by atoms with Crippen LogP contribution in [0.4, 0.5) is 10.1 Å². The number of halogens is 3. The van der Waals surface area contributed by atoms with Crippen molar-refractivity contribution in [1.82, 2.24) is 15.5 Å². The van der Waals surface area contributed by atoms with Crippen LogP contribution in [-0.4, -0.2) is 22.6 Å². The molecule has 5 N–H and O–H groups in total. The number of hydrogen-bond acceptors (Lipinski definition) is 4. The van der Waals surface area contributed by atoms with Gasteiger partial charge in [0.15, 0.2) is 0 Å². The Kier molecular flexibility index (Phi) is 7.87. The molecule has 144 valence electrons. The number of aromatic amines is 1. The number of hydrogen-bond donors (Lipinski definition) is 4. The SMILES string of the molecule is C=C(NC=C(Br)C(N)=NCCCc1cn[nH]c1C)Nc1ccc(F)c(Cl)c1. The number of nitrogens with zero attached hydrogens (tertiary/aromatic N) is 2. The lowest BCUT2D eigenvalue weighted by Gasteiger charge is -2.10. The van der Waals surface area contributed by atoms with Crippen LogP contribution in [0.2, 0.25) is 5.02 Å². The minimum absolute atomic E-state index is 0.0338. The summed E-state index contributed by atoms with van der Waals surface area (Å²) in [6.45, 7) is 6.43. The molecule has 0 saturated carbocycles. The lowest BCUT2D eigenvalue weighted by atomic mass is 10.1. The molecule has 0 aliphatic rings. The van der Waals surface area contributed by atoms with Crippen LogP contribution in [0.3, 0.4) is 0 Å². The van der Waals surface area contributed by atoms with Crippen LogP contribution in [0.1, 0.15) is 17.7 Å². The van der Waals surface area contributed by atoms with E-state index in [4.69, 9.17) is 17.3 Å². The zero-order valence-electron chi connectivity index (χ0n) is 14.8. The number of amidine groups is 1. The monoisotopic (exact) mass is 454 g/mol. The van der Waals surface area contributed by atoms with Gasteiger partial charge in [0.25, 0.3) is 0 Å². The highest BCUT2D eigenvalue weighted by Crippen LogP contribution is 2.20. The fourth-order valence-electron chi connectivity index (χ4n) is 2.18. The van der Waals surface area contributed by atoms with Crippen LogP contribution in [0.15, 0.2) is 52.5 Å². The summed E-state index contributed by atoms with van der Waals surface area (Å²) in [6.07, 6.45) is 5.21. The molecule has 1 aromatic carbocycles. The van der Waals surface area contributed by atoms with E-state index in [-0.39, 0.29) is 5.02 Å². The van der Waals surface area contributed by atoms with Gasteiger partial charge in [0.2, 0.25) is 0 Å². The second kappa shape index (κ2) is 10.1. The molecule has 0 aliphatic heterocycles. The van der Waals surface area contributed by atoms with Crippen molar-refractivity contribution in [3.8, 4) is 0 Å². The van der Waals surface area contributed by atoms with Crippen LogP contribution in [0.5, 0.6) is 0 Å². The summed E-state index contributed by atoms with van der Waals surface area (Å²) in [6, 6.07) is 4.31. The molecule has 0 radical (unpaired) electrons. The molecule has 0 atom stereocenters. The van der Waals surface area contributed by atoms with Crippen LogP contribution in [-0.2, 0) is 6.42 Å². The Labute approximate surface area is 170 Å². The number of H-pyrrole nitrogens is 1. The number of aromatic nitrogens is 2. The van der Waals surface area contributed by atoms with Crippen molar-refractivity contribution in [2.75, 3.05) is 11.9 Å². The summed E-state index contributed by atoms with van der Waals surface area (Å²) < 4.78 is 13.8. The van der Waals surface area contributed by atoms with E-state index in [1.807, 2.05) is 13.1 Å². The minimum atomic E-state index is -0.477. The number of aliphatic imine (C=N–C) groups is 1. The van der Waals surface area contributed by atoms with Crippen LogP contribution in [0, 0.1) is 12.7 Å². The summed E-state index contributed by atoms with van der Waals surface area (Å²) in [5, 5.41) is 12.8. The van der Waals surface area contributed by atoms with Gasteiger partial charge in [-0.05, 0) is 59.5 Å². The van der Waals surface area contributed by atoms with Gasteiger partial charge in [-0.3, -0.25) is 10.1 Å². The Morgan fingerprint density at radius 1 is 1.52 bits per heavy atom. The molecule has 0 spiro atoms. The second-order valence-corrected chi connectivity index (χ2v) is 7.02. The van der Waals surface area contributed by atoms with Gasteiger partial charge < -0.3 is 16.4 Å². The number of nitrogens with two attached hydrogens (primary N) is 1. The molecule has 0 fully saturated rings. The van der Waals surface area contributed by atoms with E-state index in [0.717, 1.165) is 18.5 Å². The van der Waals surface area contributed by atoms with Crippen molar-refractivity contribution in [2.45, 2.75) is 19.8 Å². The molecule has 0 unspecified atom stereocenters. The van der Waals surface area contributed by atoms with E-state index in [0.29, 0.717) is 28.4 Å². The Balaban J connectivity index is 1.79. The molecule has 0 aliphatic carbocycles. The molecule has 2 rings (SSSR count). The molecule has 1 heterocycles. The highest BCUT2D eigenvalue weighted by atomic mass is 79.9. The summed E-state index contributed by atoms with van der Waals surface area (Å²) in [7, 11) is 0. The molecule has 6 nitrogen and oxygen atoms in total. The summed E-state index contributed by atoms with van der Waals surface area (Å²) in [5.74, 6) is 0.372. The van der Waals surface area contributed by atoms with Gasteiger partial charge in [-0.1, -0.05) is 18.2 Å². The van der Waals surface area contributed by atoms with Gasteiger partial charge in [-0.25, -0.2) is 4.39 Å². The quantitative estimate of drug-likeness (QED) is 0.259. The topological polar surface area (TPSA) is 91.1 Å². The maximum Gasteiger partial charge on any atom is 0.141 e. The number of benzene rings is 1. The highest BCUT2D eigenvalue weighted by molar-refractivity contribution is 9.12. The largest absolute Gasteiger partial charge is 0.383 e. The standard InChI is InChI=1S/C18H21BrClFN6/c1-11-13(9-25-27-11)4-3-7-23-18(22)15(19)10-24-12(2)26-14-5-6-17(21)16(20)8-14/h5-6,8-10,24,26H,2-4,7H2,1H3,(H2,22,23)(H,25,27). The molecule has 1 aromatic heterocycles. The summed E-state index contributed by atoms with van der Waals surface area (Å²) >= 11 is 9.12. The first-order valence-electron chi connectivity index (χ1n) is 8.19. The van der Waals surface area contributed by atoms with E-state index < -0.39 is 5.82 Å². The van der Waals surface area contributed by atoms with E-state index in [9.17, 15) is 4.39 Å². The summed E-state index contributed by atoms with van der Waals surface area (Å²) in [5.41, 5.74) is 8.82. The normalized spacial score (nSPS) is 12.1. The predicted molar refractivity (Wildman–Crippen MR) is 112 cm³/mol. The predicted octanol–water partition coefficient (Wildman–Crippen LogP) is 4.21. The maximum absolute atomic E-state index is 13.2. The van der Waals surface area contributed by atoms with Gasteiger partial charge in [0.1, 0.15) is 11.7 Å². The third-order valence-corrected chi connectivity index (χ3v) is 4.58. The highest BCUT2D eigenvalue weighted by Gasteiger charge is 2.03. The van der Waals surface area contributed by atoms with Crippen LogP contribution >= 0.6 is 27.5 Å². The van der Waals surface area contributed by atoms with Gasteiger partial charge >= 0.3 is 0 Å². The molecular weight excluding hydrogens is 435 g/mol. The van der Waals surface area contributed by atoms with Crippen LogP contribution < -0.4 is 16.4 Å². The summed E-state index contributed by atoms with van der Waals surface area (Å²) in [4.78, 5) is 4.34. The average molecular weight is 456 g/mol. The Morgan fingerprint density at radius 2 is 2.30 bits per heavy atom. The average Bonchev–Trinajstić information content (AvgIpc) is 3.04. The number of rotatable bonds is 9. The minimum Gasteiger partial charge on any atom is -0.383 e. The lowest BCUT2D eigenvalue weighted by Crippen LogP contribution is -2.17. The molecule has 2 aromatic rings. The molecule has 27 heavy (non-hydrogen) atoms. The maximum atomic E-state index is 13.2. The first kappa shape index (κ1) is 21.0. The number of aryl methyl sites for hydroxylation is 2. The van der Waals surface area contributed by atoms with Crippen molar-refractivity contribution in [2.24, 2.45) is 10.7 Å². The van der Waals surface area contributed by atoms with Gasteiger partial charge in [0.05, 0.1) is 21.5 Å². The van der Waals surface area contributed by atoms with Crippen molar-refractivity contribution < 1.29 is 4.39 Å². The fraction of sp³-hybridized carbons (Fsp3) is 0.222. The van der Waals surface area contributed by atoms with Crippen molar-refractivity contribution >= 4 is 39.1 Å². The van der Waals surface area contributed by atoms with Gasteiger partial charge in [-0.2, -0.15) is 5.10 Å². The lowest BCUT2D eigenvalue weighted by molar-refractivity contribution is 0.628. The second-order valence-electron chi connectivity index (χ2n) is 5.76.